The lowest BCUT2D eigenvalue weighted by Crippen LogP contribution is -2.29. The molecule has 6 nitrogen and oxygen atoms in total. The molecule has 2 aromatic carbocycles. The maximum atomic E-state index is 12.5. The predicted molar refractivity (Wildman–Crippen MR) is 102 cm³/mol. The smallest absolute Gasteiger partial charge is 0.303 e. The molecule has 0 aliphatic heterocycles. The standard InChI is InChI=1S/C20H23NO5S/c1-14-3-9-18(10-4-14)27(25,26)13-16-5-7-17(8-6-16)20(24)21-12-15(2)11-19(22)23/h3-10,15H,11-13H2,1-2H3,(H,21,24)(H,22,23). The highest BCUT2D eigenvalue weighted by Crippen LogP contribution is 2.17. The number of hydrogen-bond acceptors (Lipinski definition) is 4. The van der Waals surface area contributed by atoms with Crippen molar-refractivity contribution in [1.29, 1.82) is 0 Å². The Balaban J connectivity index is 1.99. The molecule has 0 aliphatic carbocycles. The highest BCUT2D eigenvalue weighted by atomic mass is 32.2. The fraction of sp³-hybridized carbons (Fsp3) is 0.300. The van der Waals surface area contributed by atoms with E-state index in [0.29, 0.717) is 11.1 Å². The van der Waals surface area contributed by atoms with Crippen LogP contribution in [0, 0.1) is 12.8 Å². The number of sulfone groups is 1. The van der Waals surface area contributed by atoms with Gasteiger partial charge in [0.1, 0.15) is 0 Å². The number of aryl methyl sites for hydroxylation is 1. The molecule has 0 aromatic heterocycles. The normalized spacial score (nSPS) is 12.4. The number of carboxylic acid groups (broad SMARTS) is 1. The van der Waals surface area contributed by atoms with Crippen LogP contribution in [0.25, 0.3) is 0 Å². The molecule has 1 amide bonds. The van der Waals surface area contributed by atoms with Crippen LogP contribution in [0.4, 0.5) is 0 Å². The third kappa shape index (κ3) is 6.21. The van der Waals surface area contributed by atoms with Gasteiger partial charge in [0, 0.05) is 18.5 Å². The molecular formula is C20H23NO5S. The van der Waals surface area contributed by atoms with Gasteiger partial charge < -0.3 is 10.4 Å². The molecule has 0 radical (unpaired) electrons. The maximum Gasteiger partial charge on any atom is 0.303 e. The Morgan fingerprint density at radius 2 is 1.63 bits per heavy atom. The molecule has 144 valence electrons. The van der Waals surface area contributed by atoms with E-state index in [1.54, 1.807) is 55.5 Å². The summed E-state index contributed by atoms with van der Waals surface area (Å²) in [6.07, 6.45) is -0.0178. The largest absolute Gasteiger partial charge is 0.481 e. The van der Waals surface area contributed by atoms with Gasteiger partial charge in [-0.3, -0.25) is 9.59 Å². The fourth-order valence-corrected chi connectivity index (χ4v) is 3.89. The molecule has 7 heteroatoms. The van der Waals surface area contributed by atoms with E-state index in [1.165, 1.54) is 0 Å². The Morgan fingerprint density at radius 1 is 1.04 bits per heavy atom. The lowest BCUT2D eigenvalue weighted by atomic mass is 10.1. The Bertz CT molecular complexity index is 902. The van der Waals surface area contributed by atoms with Crippen LogP contribution in [0.1, 0.15) is 34.8 Å². The van der Waals surface area contributed by atoms with Crippen LogP contribution in [0.3, 0.4) is 0 Å². The molecule has 0 saturated carbocycles. The summed E-state index contributed by atoms with van der Waals surface area (Å²) in [6.45, 7) is 3.89. The Morgan fingerprint density at radius 3 is 2.19 bits per heavy atom. The van der Waals surface area contributed by atoms with E-state index in [-0.39, 0.29) is 35.4 Å². The third-order valence-electron chi connectivity index (χ3n) is 4.09. The maximum absolute atomic E-state index is 12.5. The highest BCUT2D eigenvalue weighted by Gasteiger charge is 2.16. The molecule has 0 aliphatic rings. The first-order valence-corrected chi connectivity index (χ1v) is 10.2. The van der Waals surface area contributed by atoms with Crippen LogP contribution in [-0.4, -0.2) is 31.9 Å². The lowest BCUT2D eigenvalue weighted by molar-refractivity contribution is -0.137. The van der Waals surface area contributed by atoms with E-state index in [2.05, 4.69) is 5.32 Å². The number of carboxylic acids is 1. The molecule has 0 fully saturated rings. The van der Waals surface area contributed by atoms with Crippen LogP contribution in [0.15, 0.2) is 53.4 Å². The molecular weight excluding hydrogens is 366 g/mol. The second kappa shape index (κ2) is 8.81. The highest BCUT2D eigenvalue weighted by molar-refractivity contribution is 7.90. The van der Waals surface area contributed by atoms with Crippen molar-refractivity contribution in [1.82, 2.24) is 5.32 Å². The molecule has 2 N–H and O–H groups in total. The summed E-state index contributed by atoms with van der Waals surface area (Å²) >= 11 is 0. The topological polar surface area (TPSA) is 101 Å². The van der Waals surface area contributed by atoms with Gasteiger partial charge in [0.05, 0.1) is 10.6 Å². The zero-order chi connectivity index (χ0) is 20.0. The van der Waals surface area contributed by atoms with Crippen LogP contribution in [-0.2, 0) is 20.4 Å². The van der Waals surface area contributed by atoms with Gasteiger partial charge in [-0.2, -0.15) is 0 Å². The zero-order valence-corrected chi connectivity index (χ0v) is 16.1. The van der Waals surface area contributed by atoms with E-state index in [9.17, 15) is 18.0 Å². The second-order valence-corrected chi connectivity index (χ2v) is 8.67. The molecule has 1 atom stereocenters. The van der Waals surface area contributed by atoms with Crippen LogP contribution >= 0.6 is 0 Å². The van der Waals surface area contributed by atoms with Crippen molar-refractivity contribution in [2.24, 2.45) is 5.92 Å². The number of rotatable bonds is 8. The first kappa shape index (κ1) is 20.6. The SMILES string of the molecule is Cc1ccc(S(=O)(=O)Cc2ccc(C(=O)NCC(C)CC(=O)O)cc2)cc1. The molecule has 0 heterocycles. The summed E-state index contributed by atoms with van der Waals surface area (Å²) in [6, 6.07) is 13.0. The summed E-state index contributed by atoms with van der Waals surface area (Å²) < 4.78 is 24.9. The number of hydrogen-bond donors (Lipinski definition) is 2. The molecule has 0 spiro atoms. The van der Waals surface area contributed by atoms with Gasteiger partial charge in [-0.15, -0.1) is 0 Å². The predicted octanol–water partition coefficient (Wildman–Crippen LogP) is 2.81. The van der Waals surface area contributed by atoms with E-state index in [1.807, 2.05) is 6.92 Å². The molecule has 1 unspecified atom stereocenters. The van der Waals surface area contributed by atoms with Crippen molar-refractivity contribution in [3.63, 3.8) is 0 Å². The van der Waals surface area contributed by atoms with Gasteiger partial charge >= 0.3 is 5.97 Å². The van der Waals surface area contributed by atoms with Crippen molar-refractivity contribution < 1.29 is 23.1 Å². The van der Waals surface area contributed by atoms with Gasteiger partial charge in [-0.1, -0.05) is 36.8 Å². The van der Waals surface area contributed by atoms with Crippen LogP contribution in [0.2, 0.25) is 0 Å². The Labute approximate surface area is 159 Å². The van der Waals surface area contributed by atoms with Gasteiger partial charge in [-0.05, 0) is 42.7 Å². The first-order chi connectivity index (χ1) is 12.7. The van der Waals surface area contributed by atoms with Gasteiger partial charge in [0.2, 0.25) is 0 Å². The molecule has 0 saturated heterocycles. The number of aliphatic carboxylic acids is 1. The quantitative estimate of drug-likeness (QED) is 0.723. The van der Waals surface area contributed by atoms with Crippen LogP contribution in [0.5, 0.6) is 0 Å². The summed E-state index contributed by atoms with van der Waals surface area (Å²) in [5, 5.41) is 11.4. The summed E-state index contributed by atoms with van der Waals surface area (Å²) in [5.74, 6) is -1.55. The Hall–Kier alpha value is -2.67. The van der Waals surface area contributed by atoms with Crippen LogP contribution < -0.4 is 5.32 Å². The van der Waals surface area contributed by atoms with Crippen molar-refractivity contribution >= 4 is 21.7 Å². The Kier molecular flexibility index (Phi) is 6.74. The number of carbonyl (C=O) groups excluding carboxylic acids is 1. The minimum absolute atomic E-state index is 0.0178. The molecule has 27 heavy (non-hydrogen) atoms. The second-order valence-electron chi connectivity index (χ2n) is 6.68. The van der Waals surface area contributed by atoms with Gasteiger partial charge in [-0.25, -0.2) is 8.42 Å². The number of benzene rings is 2. The summed E-state index contributed by atoms with van der Waals surface area (Å²) in [4.78, 5) is 23.0. The number of nitrogens with one attached hydrogen (secondary N) is 1. The van der Waals surface area contributed by atoms with E-state index < -0.39 is 15.8 Å². The minimum Gasteiger partial charge on any atom is -0.481 e. The molecule has 2 rings (SSSR count). The number of carbonyl (C=O) groups is 2. The summed E-state index contributed by atoms with van der Waals surface area (Å²) in [5.41, 5.74) is 1.97. The fourth-order valence-electron chi connectivity index (χ4n) is 2.54. The first-order valence-electron chi connectivity index (χ1n) is 8.56. The van der Waals surface area contributed by atoms with Gasteiger partial charge in [0.15, 0.2) is 9.84 Å². The van der Waals surface area contributed by atoms with Crippen molar-refractivity contribution in [3.8, 4) is 0 Å². The van der Waals surface area contributed by atoms with Crippen molar-refractivity contribution in [2.75, 3.05) is 6.54 Å². The summed E-state index contributed by atoms with van der Waals surface area (Å²) in [7, 11) is -3.45. The molecule has 2 aromatic rings. The zero-order valence-electron chi connectivity index (χ0n) is 15.3. The average molecular weight is 389 g/mol. The average Bonchev–Trinajstić information content (AvgIpc) is 2.60. The van der Waals surface area contributed by atoms with E-state index in [4.69, 9.17) is 5.11 Å². The third-order valence-corrected chi connectivity index (χ3v) is 5.79. The lowest BCUT2D eigenvalue weighted by Gasteiger charge is -2.11. The molecule has 0 bridgehead atoms. The van der Waals surface area contributed by atoms with E-state index >= 15 is 0 Å². The van der Waals surface area contributed by atoms with Crippen molar-refractivity contribution in [2.45, 2.75) is 30.9 Å². The van der Waals surface area contributed by atoms with Crippen molar-refractivity contribution in [3.05, 3.63) is 65.2 Å². The monoisotopic (exact) mass is 389 g/mol. The number of amides is 1. The van der Waals surface area contributed by atoms with Gasteiger partial charge in [0.25, 0.3) is 5.91 Å². The van der Waals surface area contributed by atoms with E-state index in [0.717, 1.165) is 5.56 Å². The minimum atomic E-state index is -3.45.